The van der Waals surface area contributed by atoms with E-state index >= 15 is 0 Å². The standard InChI is InChI=1S/C27H32N2O6/c1-2-14-29(15-11-24(30)31)25(32)27(12-16-34-17-13-27)28-26(33)35-18-23-21-9-5-3-7-19(21)20-8-4-6-10-22(20)23/h3-10,23H,2,11-18H2,1H3,(H,28,33)(H,30,31). The molecule has 186 valence electrons. The maximum Gasteiger partial charge on any atom is 0.408 e. The monoisotopic (exact) mass is 480 g/mol. The van der Waals surface area contributed by atoms with Gasteiger partial charge in [-0.1, -0.05) is 55.5 Å². The molecule has 2 aromatic carbocycles. The van der Waals surface area contributed by atoms with Crippen molar-refractivity contribution in [2.75, 3.05) is 32.9 Å². The summed E-state index contributed by atoms with van der Waals surface area (Å²) in [6, 6.07) is 16.2. The number of hydrogen-bond acceptors (Lipinski definition) is 5. The topological polar surface area (TPSA) is 105 Å². The van der Waals surface area contributed by atoms with Crippen LogP contribution in [0.5, 0.6) is 0 Å². The maximum atomic E-state index is 13.6. The van der Waals surface area contributed by atoms with Gasteiger partial charge in [0.05, 0.1) is 6.42 Å². The number of carbonyl (C=O) groups is 3. The van der Waals surface area contributed by atoms with E-state index in [9.17, 15) is 14.4 Å². The molecular weight excluding hydrogens is 448 g/mol. The number of amides is 2. The largest absolute Gasteiger partial charge is 0.481 e. The van der Waals surface area contributed by atoms with Crippen LogP contribution < -0.4 is 5.32 Å². The lowest BCUT2D eigenvalue weighted by Crippen LogP contribution is -2.62. The number of aliphatic carboxylic acids is 1. The van der Waals surface area contributed by atoms with E-state index in [-0.39, 0.29) is 31.4 Å². The Bertz CT molecular complexity index is 1030. The zero-order valence-corrected chi connectivity index (χ0v) is 20.0. The number of carboxylic acids is 1. The quantitative estimate of drug-likeness (QED) is 0.566. The summed E-state index contributed by atoms with van der Waals surface area (Å²) in [5.74, 6) is -1.33. The van der Waals surface area contributed by atoms with Crippen LogP contribution >= 0.6 is 0 Å². The summed E-state index contributed by atoms with van der Waals surface area (Å²) in [5, 5.41) is 11.9. The van der Waals surface area contributed by atoms with Crippen LogP contribution in [0, 0.1) is 0 Å². The molecule has 1 fully saturated rings. The van der Waals surface area contributed by atoms with Crippen molar-refractivity contribution in [2.24, 2.45) is 0 Å². The summed E-state index contributed by atoms with van der Waals surface area (Å²) in [6.07, 6.45) is 0.496. The first-order valence-electron chi connectivity index (χ1n) is 12.2. The van der Waals surface area contributed by atoms with Gasteiger partial charge in [-0.15, -0.1) is 0 Å². The average molecular weight is 481 g/mol. The first-order chi connectivity index (χ1) is 16.9. The van der Waals surface area contributed by atoms with E-state index < -0.39 is 17.6 Å². The number of ether oxygens (including phenoxy) is 2. The fourth-order valence-electron chi connectivity index (χ4n) is 5.06. The lowest BCUT2D eigenvalue weighted by atomic mass is 9.88. The Balaban J connectivity index is 1.48. The minimum Gasteiger partial charge on any atom is -0.481 e. The van der Waals surface area contributed by atoms with Gasteiger partial charge in [0.25, 0.3) is 0 Å². The highest BCUT2D eigenvalue weighted by Gasteiger charge is 2.44. The third kappa shape index (κ3) is 5.32. The first-order valence-corrected chi connectivity index (χ1v) is 12.2. The van der Waals surface area contributed by atoms with E-state index in [2.05, 4.69) is 29.6 Å². The molecule has 4 rings (SSSR count). The zero-order valence-electron chi connectivity index (χ0n) is 20.0. The molecule has 0 spiro atoms. The van der Waals surface area contributed by atoms with Crippen molar-refractivity contribution < 1.29 is 29.0 Å². The van der Waals surface area contributed by atoms with Gasteiger partial charge in [-0.2, -0.15) is 0 Å². The Kier molecular flexibility index (Phi) is 7.70. The molecule has 1 heterocycles. The molecule has 0 atom stereocenters. The second-order valence-corrected chi connectivity index (χ2v) is 9.08. The predicted molar refractivity (Wildman–Crippen MR) is 130 cm³/mol. The molecule has 0 unspecified atom stereocenters. The molecule has 8 nitrogen and oxygen atoms in total. The maximum absolute atomic E-state index is 13.6. The van der Waals surface area contributed by atoms with Crippen molar-refractivity contribution in [2.45, 2.75) is 44.1 Å². The summed E-state index contributed by atoms with van der Waals surface area (Å²) in [6.45, 7) is 3.25. The van der Waals surface area contributed by atoms with Crippen molar-refractivity contribution in [3.8, 4) is 11.1 Å². The van der Waals surface area contributed by atoms with Crippen LogP contribution in [-0.2, 0) is 19.1 Å². The number of alkyl carbamates (subject to hydrolysis) is 1. The summed E-state index contributed by atoms with van der Waals surface area (Å²) >= 11 is 0. The minimum atomic E-state index is -1.17. The fraction of sp³-hybridized carbons (Fsp3) is 0.444. The van der Waals surface area contributed by atoms with Gasteiger partial charge >= 0.3 is 12.1 Å². The van der Waals surface area contributed by atoms with Crippen molar-refractivity contribution >= 4 is 18.0 Å². The van der Waals surface area contributed by atoms with E-state index in [0.29, 0.717) is 39.0 Å². The molecule has 1 aliphatic carbocycles. The SMILES string of the molecule is CCCN(CCC(=O)O)C(=O)C1(NC(=O)OCC2c3ccccc3-c3ccccc32)CCOCC1. The molecule has 8 heteroatoms. The van der Waals surface area contributed by atoms with Crippen molar-refractivity contribution in [3.05, 3.63) is 59.7 Å². The molecular formula is C27H32N2O6. The van der Waals surface area contributed by atoms with E-state index in [1.807, 2.05) is 31.2 Å². The van der Waals surface area contributed by atoms with E-state index in [4.69, 9.17) is 14.6 Å². The van der Waals surface area contributed by atoms with Crippen LogP contribution in [0.25, 0.3) is 11.1 Å². The Morgan fingerprint density at radius 3 is 2.20 bits per heavy atom. The van der Waals surface area contributed by atoms with Crippen LogP contribution in [0.3, 0.4) is 0 Å². The van der Waals surface area contributed by atoms with Gasteiger partial charge < -0.3 is 24.8 Å². The average Bonchev–Trinajstić information content (AvgIpc) is 3.19. The van der Waals surface area contributed by atoms with Crippen LogP contribution in [0.2, 0.25) is 0 Å². The normalized spacial score (nSPS) is 16.1. The molecule has 1 saturated heterocycles. The van der Waals surface area contributed by atoms with Gasteiger partial charge in [-0.3, -0.25) is 9.59 Å². The molecule has 1 aliphatic heterocycles. The number of carboxylic acid groups (broad SMARTS) is 1. The second kappa shape index (κ2) is 10.9. The minimum absolute atomic E-state index is 0.0818. The lowest BCUT2D eigenvalue weighted by Gasteiger charge is -2.39. The molecule has 2 aromatic rings. The molecule has 2 N–H and O–H groups in total. The molecule has 0 radical (unpaired) electrons. The van der Waals surface area contributed by atoms with Crippen molar-refractivity contribution in [1.29, 1.82) is 0 Å². The molecule has 2 amide bonds. The van der Waals surface area contributed by atoms with Crippen LogP contribution in [0.15, 0.2) is 48.5 Å². The van der Waals surface area contributed by atoms with Crippen LogP contribution in [-0.4, -0.2) is 66.4 Å². The van der Waals surface area contributed by atoms with E-state index in [0.717, 1.165) is 22.3 Å². The Morgan fingerprint density at radius 1 is 1.03 bits per heavy atom. The van der Waals surface area contributed by atoms with Gasteiger partial charge in [-0.25, -0.2) is 4.79 Å². The number of fused-ring (bicyclic) bond motifs is 3. The fourth-order valence-corrected chi connectivity index (χ4v) is 5.06. The highest BCUT2D eigenvalue weighted by Crippen LogP contribution is 2.44. The van der Waals surface area contributed by atoms with E-state index in [1.165, 1.54) is 4.90 Å². The predicted octanol–water partition coefficient (Wildman–Crippen LogP) is 3.79. The lowest BCUT2D eigenvalue weighted by molar-refractivity contribution is -0.144. The summed E-state index contributed by atoms with van der Waals surface area (Å²) in [4.78, 5) is 39.2. The second-order valence-electron chi connectivity index (χ2n) is 9.08. The Morgan fingerprint density at radius 2 is 1.63 bits per heavy atom. The van der Waals surface area contributed by atoms with Gasteiger partial charge in [0.15, 0.2) is 0 Å². The summed E-state index contributed by atoms with van der Waals surface area (Å²) in [7, 11) is 0. The first kappa shape index (κ1) is 24.7. The van der Waals surface area contributed by atoms with Gasteiger partial charge in [0, 0.05) is 45.1 Å². The summed E-state index contributed by atoms with van der Waals surface area (Å²) < 4.78 is 11.2. The van der Waals surface area contributed by atoms with Gasteiger partial charge in [0.2, 0.25) is 5.91 Å². The number of rotatable bonds is 9. The highest BCUT2D eigenvalue weighted by atomic mass is 16.5. The number of nitrogens with one attached hydrogen (secondary N) is 1. The molecule has 0 saturated carbocycles. The Hall–Kier alpha value is -3.39. The summed E-state index contributed by atoms with van der Waals surface area (Å²) in [5.41, 5.74) is 3.33. The van der Waals surface area contributed by atoms with E-state index in [1.54, 1.807) is 0 Å². The van der Waals surface area contributed by atoms with Crippen LogP contribution in [0.1, 0.15) is 49.7 Å². The number of carbonyl (C=O) groups excluding carboxylic acids is 2. The third-order valence-electron chi connectivity index (χ3n) is 6.82. The highest BCUT2D eigenvalue weighted by molar-refractivity contribution is 5.90. The smallest absolute Gasteiger partial charge is 0.408 e. The van der Waals surface area contributed by atoms with Crippen LogP contribution in [0.4, 0.5) is 4.79 Å². The third-order valence-corrected chi connectivity index (χ3v) is 6.82. The molecule has 0 bridgehead atoms. The van der Waals surface area contributed by atoms with Gasteiger partial charge in [0.1, 0.15) is 12.1 Å². The molecule has 2 aliphatic rings. The molecule has 0 aromatic heterocycles. The number of hydrogen-bond donors (Lipinski definition) is 2. The Labute approximate surface area is 205 Å². The number of nitrogens with zero attached hydrogens (tertiary/aromatic N) is 1. The van der Waals surface area contributed by atoms with Crippen molar-refractivity contribution in [3.63, 3.8) is 0 Å². The zero-order chi connectivity index (χ0) is 24.8. The number of benzene rings is 2. The molecule has 35 heavy (non-hydrogen) atoms. The van der Waals surface area contributed by atoms with Crippen molar-refractivity contribution in [1.82, 2.24) is 10.2 Å². The van der Waals surface area contributed by atoms with Gasteiger partial charge in [-0.05, 0) is 28.7 Å².